The Morgan fingerprint density at radius 3 is 2.90 bits per heavy atom. The minimum Gasteiger partial charge on any atom is -0.397 e. The summed E-state index contributed by atoms with van der Waals surface area (Å²) in [5.74, 6) is 0. The van der Waals surface area contributed by atoms with Crippen LogP contribution in [0.4, 0.5) is 5.69 Å². The van der Waals surface area contributed by atoms with Gasteiger partial charge in [-0.25, -0.2) is 0 Å². The maximum atomic E-state index is 8.50. The highest BCUT2D eigenvalue weighted by Crippen LogP contribution is 2.06. The molecule has 0 unspecified atom stereocenters. The van der Waals surface area contributed by atoms with E-state index in [1.807, 2.05) is 6.07 Å². The summed E-state index contributed by atoms with van der Waals surface area (Å²) in [4.78, 5) is 3.90. The van der Waals surface area contributed by atoms with E-state index in [2.05, 4.69) is 4.98 Å². The first-order valence-electron chi connectivity index (χ1n) is 2.86. The summed E-state index contributed by atoms with van der Waals surface area (Å²) in [7, 11) is 0. The zero-order valence-corrected chi connectivity index (χ0v) is 5.63. The van der Waals surface area contributed by atoms with Crippen LogP contribution in [0.3, 0.4) is 0 Å². The molecule has 0 spiro atoms. The molecule has 1 aromatic rings. The van der Waals surface area contributed by atoms with Gasteiger partial charge in [-0.2, -0.15) is 5.26 Å². The molecular weight excluding hydrogens is 126 g/mol. The minimum atomic E-state index is 0.530. The van der Waals surface area contributed by atoms with Crippen molar-refractivity contribution >= 4 is 5.69 Å². The van der Waals surface area contributed by atoms with Crippen LogP contribution in [-0.4, -0.2) is 4.98 Å². The molecule has 1 rings (SSSR count). The van der Waals surface area contributed by atoms with Gasteiger partial charge in [0.05, 0.1) is 23.1 Å². The lowest BCUT2D eigenvalue weighted by atomic mass is 10.2. The van der Waals surface area contributed by atoms with E-state index >= 15 is 0 Å². The number of pyridine rings is 1. The number of nitrogens with zero attached hydrogens (tertiary/aromatic N) is 2. The van der Waals surface area contributed by atoms with Gasteiger partial charge in [-0.1, -0.05) is 0 Å². The number of nitriles is 1. The summed E-state index contributed by atoms with van der Waals surface area (Å²) < 4.78 is 0. The summed E-state index contributed by atoms with van der Waals surface area (Å²) in [6.07, 6.45) is 1.54. The Hall–Kier alpha value is -1.56. The van der Waals surface area contributed by atoms with Gasteiger partial charge in [0.1, 0.15) is 6.07 Å². The number of rotatable bonds is 0. The van der Waals surface area contributed by atoms with Crippen LogP contribution in [0.2, 0.25) is 0 Å². The fourth-order valence-corrected chi connectivity index (χ4v) is 0.662. The third-order valence-corrected chi connectivity index (χ3v) is 1.23. The first-order chi connectivity index (χ1) is 4.74. The molecule has 0 amide bonds. The Labute approximate surface area is 59.1 Å². The molecular formula is C7H7N3. The second kappa shape index (κ2) is 2.36. The first kappa shape index (κ1) is 6.56. The summed E-state index contributed by atoms with van der Waals surface area (Å²) in [6.45, 7) is 1.78. The average molecular weight is 133 g/mol. The summed E-state index contributed by atoms with van der Waals surface area (Å²) in [6, 6.07) is 3.61. The van der Waals surface area contributed by atoms with Crippen molar-refractivity contribution in [2.45, 2.75) is 6.92 Å². The van der Waals surface area contributed by atoms with E-state index in [-0.39, 0.29) is 0 Å². The van der Waals surface area contributed by atoms with Gasteiger partial charge in [0, 0.05) is 0 Å². The van der Waals surface area contributed by atoms with Crippen molar-refractivity contribution in [3.05, 3.63) is 23.5 Å². The van der Waals surface area contributed by atoms with Crippen LogP contribution in [0.15, 0.2) is 12.3 Å². The smallest absolute Gasteiger partial charge is 0.101 e. The maximum Gasteiger partial charge on any atom is 0.101 e. The normalized spacial score (nSPS) is 8.80. The molecule has 0 aliphatic carbocycles. The Morgan fingerprint density at radius 2 is 2.40 bits per heavy atom. The van der Waals surface area contributed by atoms with E-state index in [4.69, 9.17) is 11.0 Å². The summed E-state index contributed by atoms with van der Waals surface area (Å²) in [5.41, 5.74) is 7.18. The van der Waals surface area contributed by atoms with Gasteiger partial charge in [-0.05, 0) is 13.0 Å². The predicted octanol–water partition coefficient (Wildman–Crippen LogP) is 0.844. The van der Waals surface area contributed by atoms with Crippen molar-refractivity contribution in [3.8, 4) is 6.07 Å². The molecule has 0 aliphatic heterocycles. The number of anilines is 1. The Balaban J connectivity index is 3.25. The fraction of sp³-hybridized carbons (Fsp3) is 0.143. The molecule has 0 aromatic carbocycles. The van der Waals surface area contributed by atoms with Crippen LogP contribution in [-0.2, 0) is 0 Å². The van der Waals surface area contributed by atoms with Crippen molar-refractivity contribution in [1.82, 2.24) is 4.98 Å². The molecule has 0 radical (unpaired) electrons. The van der Waals surface area contributed by atoms with Crippen molar-refractivity contribution in [2.75, 3.05) is 5.73 Å². The third-order valence-electron chi connectivity index (χ3n) is 1.23. The second-order valence-electron chi connectivity index (χ2n) is 2.01. The summed E-state index contributed by atoms with van der Waals surface area (Å²) in [5, 5.41) is 8.50. The van der Waals surface area contributed by atoms with E-state index in [0.29, 0.717) is 11.3 Å². The lowest BCUT2D eigenvalue weighted by Gasteiger charge is -1.95. The molecule has 0 aliphatic rings. The fourth-order valence-electron chi connectivity index (χ4n) is 0.662. The molecule has 3 heteroatoms. The van der Waals surface area contributed by atoms with Crippen molar-refractivity contribution < 1.29 is 0 Å². The van der Waals surface area contributed by atoms with Crippen molar-refractivity contribution in [2.24, 2.45) is 0 Å². The quantitative estimate of drug-likeness (QED) is 0.570. The Morgan fingerprint density at radius 1 is 1.70 bits per heavy atom. The lowest BCUT2D eigenvalue weighted by molar-refractivity contribution is 1.18. The minimum absolute atomic E-state index is 0.530. The molecule has 0 saturated carbocycles. The maximum absolute atomic E-state index is 8.50. The summed E-state index contributed by atoms with van der Waals surface area (Å²) >= 11 is 0. The molecule has 0 atom stereocenters. The molecule has 0 bridgehead atoms. The Bertz CT molecular complexity index is 285. The number of hydrogen-bond donors (Lipinski definition) is 1. The highest BCUT2D eigenvalue weighted by atomic mass is 14.7. The van der Waals surface area contributed by atoms with E-state index in [0.717, 1.165) is 5.69 Å². The van der Waals surface area contributed by atoms with Crippen LogP contribution in [0.5, 0.6) is 0 Å². The van der Waals surface area contributed by atoms with Gasteiger partial charge in [-0.15, -0.1) is 0 Å². The lowest BCUT2D eigenvalue weighted by Crippen LogP contribution is -1.91. The molecule has 0 saturated heterocycles. The number of nitrogens with two attached hydrogens (primary N) is 1. The first-order valence-corrected chi connectivity index (χ1v) is 2.86. The van der Waals surface area contributed by atoms with Gasteiger partial charge in [-0.3, -0.25) is 4.98 Å². The highest BCUT2D eigenvalue weighted by molar-refractivity contribution is 5.45. The number of nitrogen functional groups attached to an aromatic ring is 1. The largest absolute Gasteiger partial charge is 0.397 e. The SMILES string of the molecule is Cc1ncc(N)cc1C#N. The zero-order chi connectivity index (χ0) is 7.56. The van der Waals surface area contributed by atoms with Gasteiger partial charge >= 0.3 is 0 Å². The van der Waals surface area contributed by atoms with E-state index in [1.54, 1.807) is 13.0 Å². The van der Waals surface area contributed by atoms with E-state index in [9.17, 15) is 0 Å². The number of hydrogen-bond acceptors (Lipinski definition) is 3. The average Bonchev–Trinajstić information content (AvgIpc) is 1.94. The number of aromatic nitrogens is 1. The van der Waals surface area contributed by atoms with Crippen LogP contribution < -0.4 is 5.73 Å². The highest BCUT2D eigenvalue weighted by Gasteiger charge is 1.96. The van der Waals surface area contributed by atoms with Gasteiger partial charge in [0.2, 0.25) is 0 Å². The topological polar surface area (TPSA) is 62.7 Å². The molecule has 2 N–H and O–H groups in total. The van der Waals surface area contributed by atoms with Crippen molar-refractivity contribution in [3.63, 3.8) is 0 Å². The van der Waals surface area contributed by atoms with Gasteiger partial charge in [0.25, 0.3) is 0 Å². The van der Waals surface area contributed by atoms with Crippen LogP contribution in [0.1, 0.15) is 11.3 Å². The second-order valence-corrected chi connectivity index (χ2v) is 2.01. The van der Waals surface area contributed by atoms with Gasteiger partial charge in [0.15, 0.2) is 0 Å². The van der Waals surface area contributed by atoms with Gasteiger partial charge < -0.3 is 5.73 Å². The van der Waals surface area contributed by atoms with Crippen LogP contribution in [0.25, 0.3) is 0 Å². The zero-order valence-electron chi connectivity index (χ0n) is 5.63. The molecule has 10 heavy (non-hydrogen) atoms. The van der Waals surface area contributed by atoms with E-state index in [1.165, 1.54) is 6.20 Å². The third kappa shape index (κ3) is 1.06. The predicted molar refractivity (Wildman–Crippen MR) is 38.1 cm³/mol. The molecule has 0 fully saturated rings. The molecule has 1 heterocycles. The van der Waals surface area contributed by atoms with Crippen LogP contribution >= 0.6 is 0 Å². The van der Waals surface area contributed by atoms with Crippen LogP contribution in [0, 0.1) is 18.3 Å². The number of aryl methyl sites for hydroxylation is 1. The molecule has 50 valence electrons. The monoisotopic (exact) mass is 133 g/mol. The standard InChI is InChI=1S/C7H7N3/c1-5-6(3-8)2-7(9)4-10-5/h2,4H,9H2,1H3. The molecule has 3 nitrogen and oxygen atoms in total. The Kier molecular flexibility index (Phi) is 1.55. The van der Waals surface area contributed by atoms with Crippen molar-refractivity contribution in [1.29, 1.82) is 5.26 Å². The molecule has 1 aromatic heterocycles. The van der Waals surface area contributed by atoms with E-state index < -0.39 is 0 Å².